The van der Waals surface area contributed by atoms with Gasteiger partial charge in [-0.15, -0.1) is 0 Å². The van der Waals surface area contributed by atoms with Crippen LogP contribution in [0.25, 0.3) is 0 Å². The zero-order chi connectivity index (χ0) is 7.28. The van der Waals surface area contributed by atoms with Gasteiger partial charge in [0, 0.05) is 5.92 Å². The molecule has 0 saturated carbocycles. The molecule has 0 aliphatic rings. The van der Waals surface area contributed by atoms with Crippen molar-refractivity contribution in [2.75, 3.05) is 0 Å². The summed E-state index contributed by atoms with van der Waals surface area (Å²) in [7, 11) is 0. The van der Waals surface area contributed by atoms with Crippen LogP contribution in [0, 0.1) is 5.92 Å². The largest absolute Gasteiger partial charge is 0.368 e. The molecule has 0 amide bonds. The smallest absolute Gasteiger partial charge is 0.157 e. The van der Waals surface area contributed by atoms with Gasteiger partial charge < -0.3 is 10.2 Å². The van der Waals surface area contributed by atoms with Gasteiger partial charge in [0.15, 0.2) is 6.29 Å². The lowest BCUT2D eigenvalue weighted by molar-refractivity contribution is -0.0706. The van der Waals surface area contributed by atoms with E-state index in [1.807, 2.05) is 19.9 Å². The van der Waals surface area contributed by atoms with Gasteiger partial charge in [0.05, 0.1) is 0 Å². The molecule has 2 heteroatoms. The third-order valence-corrected chi connectivity index (χ3v) is 1.29. The van der Waals surface area contributed by atoms with E-state index in [0.717, 1.165) is 6.42 Å². The summed E-state index contributed by atoms with van der Waals surface area (Å²) >= 11 is 0. The Morgan fingerprint density at radius 2 is 2.00 bits per heavy atom. The van der Waals surface area contributed by atoms with E-state index < -0.39 is 6.29 Å². The van der Waals surface area contributed by atoms with Crippen LogP contribution < -0.4 is 0 Å². The molecular weight excluding hydrogens is 116 g/mol. The number of hydrogen-bond acceptors (Lipinski definition) is 2. The third kappa shape index (κ3) is 3.27. The Morgan fingerprint density at radius 1 is 1.44 bits per heavy atom. The molecule has 0 heterocycles. The molecule has 0 spiro atoms. The minimum atomic E-state index is -1.20. The predicted octanol–water partition coefficient (Wildman–Crippen LogP) is 0.899. The van der Waals surface area contributed by atoms with E-state index in [1.165, 1.54) is 0 Å². The summed E-state index contributed by atoms with van der Waals surface area (Å²) in [5.41, 5.74) is 0. The van der Waals surface area contributed by atoms with Crippen LogP contribution in [0.2, 0.25) is 0 Å². The Hall–Kier alpha value is -0.340. The van der Waals surface area contributed by atoms with Crippen molar-refractivity contribution >= 4 is 0 Å². The van der Waals surface area contributed by atoms with E-state index in [9.17, 15) is 0 Å². The van der Waals surface area contributed by atoms with Gasteiger partial charge in [-0.1, -0.05) is 19.1 Å². The second-order valence-electron chi connectivity index (χ2n) is 2.01. The maximum absolute atomic E-state index is 8.65. The lowest BCUT2D eigenvalue weighted by Gasteiger charge is -2.10. The molecule has 9 heavy (non-hydrogen) atoms. The summed E-state index contributed by atoms with van der Waals surface area (Å²) in [6.45, 7) is 3.79. The van der Waals surface area contributed by atoms with Crippen molar-refractivity contribution in [3.8, 4) is 0 Å². The fourth-order valence-corrected chi connectivity index (χ4v) is 0.693. The summed E-state index contributed by atoms with van der Waals surface area (Å²) in [4.78, 5) is 0. The van der Waals surface area contributed by atoms with Gasteiger partial charge in [-0.25, -0.2) is 0 Å². The van der Waals surface area contributed by atoms with Gasteiger partial charge in [0.1, 0.15) is 0 Å². The van der Waals surface area contributed by atoms with Crippen LogP contribution in [-0.4, -0.2) is 16.5 Å². The summed E-state index contributed by atoms with van der Waals surface area (Å²) in [5.74, 6) is -0.102. The predicted molar refractivity (Wildman–Crippen MR) is 36.8 cm³/mol. The van der Waals surface area contributed by atoms with Gasteiger partial charge in [0.2, 0.25) is 0 Å². The van der Waals surface area contributed by atoms with Crippen molar-refractivity contribution in [3.63, 3.8) is 0 Å². The van der Waals surface area contributed by atoms with Crippen molar-refractivity contribution in [2.45, 2.75) is 26.6 Å². The topological polar surface area (TPSA) is 40.5 Å². The summed E-state index contributed by atoms with van der Waals surface area (Å²) in [6.07, 6.45) is 3.19. The molecule has 2 N–H and O–H groups in total. The Kier molecular flexibility index (Phi) is 4.36. The highest BCUT2D eigenvalue weighted by Crippen LogP contribution is 2.07. The molecule has 0 aliphatic carbocycles. The monoisotopic (exact) mass is 130 g/mol. The maximum Gasteiger partial charge on any atom is 0.157 e. The van der Waals surface area contributed by atoms with E-state index in [0.29, 0.717) is 0 Å². The van der Waals surface area contributed by atoms with Crippen LogP contribution in [0.4, 0.5) is 0 Å². The molecule has 0 aromatic carbocycles. The Morgan fingerprint density at radius 3 is 2.11 bits per heavy atom. The molecule has 2 nitrogen and oxygen atoms in total. The van der Waals surface area contributed by atoms with Crippen molar-refractivity contribution in [3.05, 3.63) is 12.2 Å². The second-order valence-corrected chi connectivity index (χ2v) is 2.01. The van der Waals surface area contributed by atoms with Gasteiger partial charge in [-0.2, -0.15) is 0 Å². The minimum absolute atomic E-state index is 0.102. The van der Waals surface area contributed by atoms with Crippen molar-refractivity contribution in [1.82, 2.24) is 0 Å². The molecule has 0 radical (unpaired) electrons. The van der Waals surface area contributed by atoms with Crippen molar-refractivity contribution < 1.29 is 10.2 Å². The molecule has 54 valence electrons. The highest BCUT2D eigenvalue weighted by atomic mass is 16.5. The first-order valence-electron chi connectivity index (χ1n) is 3.21. The van der Waals surface area contributed by atoms with Gasteiger partial charge in [-0.3, -0.25) is 0 Å². The average Bonchev–Trinajstić information content (AvgIpc) is 1.82. The minimum Gasteiger partial charge on any atom is -0.368 e. The van der Waals surface area contributed by atoms with Gasteiger partial charge >= 0.3 is 0 Å². The molecule has 0 aliphatic heterocycles. The van der Waals surface area contributed by atoms with Gasteiger partial charge in [0.25, 0.3) is 0 Å². The number of aliphatic hydroxyl groups is 2. The van der Waals surface area contributed by atoms with Crippen LogP contribution in [0.15, 0.2) is 12.2 Å². The summed E-state index contributed by atoms with van der Waals surface area (Å²) < 4.78 is 0. The highest BCUT2D eigenvalue weighted by molar-refractivity contribution is 4.85. The molecule has 1 atom stereocenters. The first-order valence-corrected chi connectivity index (χ1v) is 3.21. The molecular formula is C7H14O2. The summed E-state index contributed by atoms with van der Waals surface area (Å²) in [6, 6.07) is 0. The van der Waals surface area contributed by atoms with E-state index in [-0.39, 0.29) is 5.92 Å². The van der Waals surface area contributed by atoms with Crippen LogP contribution in [0.1, 0.15) is 20.3 Å². The Bertz CT molecular complexity index is 86.9. The number of aliphatic hydroxyl groups excluding tert-OH is 1. The third-order valence-electron chi connectivity index (χ3n) is 1.29. The van der Waals surface area contributed by atoms with Crippen molar-refractivity contribution in [2.24, 2.45) is 5.92 Å². The second kappa shape index (κ2) is 4.53. The molecule has 0 rings (SSSR count). The summed E-state index contributed by atoms with van der Waals surface area (Å²) in [5, 5.41) is 17.3. The van der Waals surface area contributed by atoms with Crippen LogP contribution in [0.3, 0.4) is 0 Å². The van der Waals surface area contributed by atoms with E-state index >= 15 is 0 Å². The van der Waals surface area contributed by atoms with E-state index in [2.05, 4.69) is 0 Å². The molecule has 0 bridgehead atoms. The maximum atomic E-state index is 8.65. The first kappa shape index (κ1) is 8.66. The first-order chi connectivity index (χ1) is 4.22. The Balaban J connectivity index is 3.68. The molecule has 0 aromatic heterocycles. The fourth-order valence-electron chi connectivity index (χ4n) is 0.693. The van der Waals surface area contributed by atoms with Gasteiger partial charge in [-0.05, 0) is 13.3 Å². The fraction of sp³-hybridized carbons (Fsp3) is 0.714. The molecule has 0 aromatic rings. The standard InChI is InChI=1S/C7H14O2/c1-3-5-6(4-2)7(8)9/h3,5-9H,4H2,1-2H3. The SMILES string of the molecule is CC=CC(CC)C(O)O. The van der Waals surface area contributed by atoms with E-state index in [4.69, 9.17) is 10.2 Å². The number of rotatable bonds is 3. The molecule has 0 saturated heterocycles. The molecule has 0 fully saturated rings. The Labute approximate surface area is 55.8 Å². The average molecular weight is 130 g/mol. The number of allylic oxidation sites excluding steroid dienone is 1. The quantitative estimate of drug-likeness (QED) is 0.440. The lowest BCUT2D eigenvalue weighted by atomic mass is 10.1. The number of hydrogen-bond donors (Lipinski definition) is 2. The van der Waals surface area contributed by atoms with Crippen LogP contribution in [-0.2, 0) is 0 Å². The lowest BCUT2D eigenvalue weighted by Crippen LogP contribution is -2.16. The zero-order valence-corrected chi connectivity index (χ0v) is 5.91. The van der Waals surface area contributed by atoms with Crippen LogP contribution >= 0.6 is 0 Å². The van der Waals surface area contributed by atoms with E-state index in [1.54, 1.807) is 6.08 Å². The highest BCUT2D eigenvalue weighted by Gasteiger charge is 2.08. The molecule has 1 unspecified atom stereocenters. The zero-order valence-electron chi connectivity index (χ0n) is 5.91. The van der Waals surface area contributed by atoms with Crippen molar-refractivity contribution in [1.29, 1.82) is 0 Å². The normalized spacial score (nSPS) is 15.2. The van der Waals surface area contributed by atoms with Crippen LogP contribution in [0.5, 0.6) is 0 Å².